The van der Waals surface area contributed by atoms with Crippen LogP contribution in [0.2, 0.25) is 0 Å². The lowest BCUT2D eigenvalue weighted by Crippen LogP contribution is -2.39. The molecule has 3 aromatic rings. The molecular formula is C18H19F2N7O2. The summed E-state index contributed by atoms with van der Waals surface area (Å²) in [6.07, 6.45) is 1.00. The number of nitrogens with one attached hydrogen (secondary N) is 1. The maximum absolute atomic E-state index is 13.0. The number of hydrogen-bond acceptors (Lipinski definition) is 6. The molecule has 0 bridgehead atoms. The lowest BCUT2D eigenvalue weighted by molar-refractivity contribution is 0.144. The molecule has 0 saturated carbocycles. The Balaban J connectivity index is 1.58. The summed E-state index contributed by atoms with van der Waals surface area (Å²) in [5.41, 5.74) is 1.86. The highest BCUT2D eigenvalue weighted by molar-refractivity contribution is 5.74. The molecule has 4 rings (SSSR count). The third-order valence-corrected chi connectivity index (χ3v) is 4.84. The van der Waals surface area contributed by atoms with Gasteiger partial charge in [-0.05, 0) is 24.6 Å². The summed E-state index contributed by atoms with van der Waals surface area (Å²) < 4.78 is 27.4. The third kappa shape index (κ3) is 3.86. The fraction of sp³-hybridized carbons (Fsp3) is 0.389. The summed E-state index contributed by atoms with van der Waals surface area (Å²) in [6.45, 7) is 1.17. The van der Waals surface area contributed by atoms with Crippen LogP contribution in [0.3, 0.4) is 0 Å². The molecule has 1 aliphatic heterocycles. The second-order valence-electron chi connectivity index (χ2n) is 6.69. The van der Waals surface area contributed by atoms with Crippen molar-refractivity contribution in [1.29, 1.82) is 0 Å². The van der Waals surface area contributed by atoms with Crippen LogP contribution >= 0.6 is 0 Å². The molecule has 4 heterocycles. The van der Waals surface area contributed by atoms with Gasteiger partial charge in [-0.2, -0.15) is 5.10 Å². The largest absolute Gasteiger partial charge is 0.395 e. The van der Waals surface area contributed by atoms with Crippen molar-refractivity contribution in [3.63, 3.8) is 0 Å². The summed E-state index contributed by atoms with van der Waals surface area (Å²) in [5, 5.41) is 15.4. The summed E-state index contributed by atoms with van der Waals surface area (Å²) in [6, 6.07) is 4.29. The number of aromatic nitrogens is 5. The van der Waals surface area contributed by atoms with Gasteiger partial charge in [-0.3, -0.25) is 0 Å². The second kappa shape index (κ2) is 8.03. The first-order valence-electron chi connectivity index (χ1n) is 9.15. The fourth-order valence-corrected chi connectivity index (χ4v) is 3.38. The Morgan fingerprint density at radius 2 is 2.17 bits per heavy atom. The predicted molar refractivity (Wildman–Crippen MR) is 98.4 cm³/mol. The number of aliphatic hydroxyl groups is 1. The standard InChI is InChI=1S/C18H19F2N7O2/c19-17(20)12-1-2-16-22-8-15(27(16)25-12)14-7-13(23-10-24-14)11-3-5-26(9-11)18(29)21-4-6-28/h1-2,7-8,10-11,17,28H,3-6,9H2,(H,21,29). The molecule has 9 nitrogen and oxygen atoms in total. The van der Waals surface area contributed by atoms with E-state index in [9.17, 15) is 13.6 Å². The Morgan fingerprint density at radius 3 is 2.97 bits per heavy atom. The topological polar surface area (TPSA) is 109 Å². The van der Waals surface area contributed by atoms with Gasteiger partial charge in [-0.1, -0.05) is 0 Å². The van der Waals surface area contributed by atoms with Crippen LogP contribution in [0, 0.1) is 0 Å². The van der Waals surface area contributed by atoms with Gasteiger partial charge in [-0.15, -0.1) is 0 Å². The number of nitrogens with zero attached hydrogens (tertiary/aromatic N) is 6. The fourth-order valence-electron chi connectivity index (χ4n) is 3.38. The molecule has 29 heavy (non-hydrogen) atoms. The maximum atomic E-state index is 13.0. The van der Waals surface area contributed by atoms with Crippen molar-refractivity contribution in [3.05, 3.63) is 42.1 Å². The molecular weight excluding hydrogens is 384 g/mol. The van der Waals surface area contributed by atoms with Gasteiger partial charge in [0, 0.05) is 31.2 Å². The van der Waals surface area contributed by atoms with E-state index >= 15 is 0 Å². The Labute approximate surface area is 164 Å². The quantitative estimate of drug-likeness (QED) is 0.670. The van der Waals surface area contributed by atoms with E-state index in [0.717, 1.165) is 12.1 Å². The van der Waals surface area contributed by atoms with Crippen LogP contribution in [0.15, 0.2) is 30.7 Å². The van der Waals surface area contributed by atoms with Crippen molar-refractivity contribution in [2.45, 2.75) is 18.8 Å². The zero-order chi connectivity index (χ0) is 20.4. The molecule has 11 heteroatoms. The first-order valence-corrected chi connectivity index (χ1v) is 9.15. The van der Waals surface area contributed by atoms with Crippen LogP contribution in [0.1, 0.15) is 30.2 Å². The molecule has 0 spiro atoms. The molecule has 3 aromatic heterocycles. The van der Waals surface area contributed by atoms with Crippen molar-refractivity contribution in [2.24, 2.45) is 0 Å². The Hall–Kier alpha value is -3.21. The van der Waals surface area contributed by atoms with E-state index in [1.807, 2.05) is 0 Å². The highest BCUT2D eigenvalue weighted by Gasteiger charge is 2.28. The average molecular weight is 403 g/mol. The number of rotatable bonds is 5. The van der Waals surface area contributed by atoms with Crippen molar-refractivity contribution in [2.75, 3.05) is 26.2 Å². The van der Waals surface area contributed by atoms with Crippen molar-refractivity contribution >= 4 is 11.7 Å². The van der Waals surface area contributed by atoms with E-state index in [1.165, 1.54) is 29.2 Å². The zero-order valence-electron chi connectivity index (χ0n) is 15.4. The molecule has 152 valence electrons. The van der Waals surface area contributed by atoms with E-state index in [4.69, 9.17) is 5.11 Å². The van der Waals surface area contributed by atoms with Gasteiger partial charge in [0.05, 0.1) is 18.5 Å². The SMILES string of the molecule is O=C(NCCO)N1CCC(c2cc(-c3cnc4ccc(C(F)F)nn34)ncn2)C1. The monoisotopic (exact) mass is 403 g/mol. The van der Waals surface area contributed by atoms with E-state index in [-0.39, 0.29) is 30.8 Å². The van der Waals surface area contributed by atoms with Crippen LogP contribution < -0.4 is 5.32 Å². The molecule has 2 N–H and O–H groups in total. The number of imidazole rings is 1. The lowest BCUT2D eigenvalue weighted by atomic mass is 10.0. The minimum absolute atomic E-state index is 0.0281. The van der Waals surface area contributed by atoms with Gasteiger partial charge in [0.2, 0.25) is 0 Å². The maximum Gasteiger partial charge on any atom is 0.317 e. The van der Waals surface area contributed by atoms with Gasteiger partial charge in [0.15, 0.2) is 5.65 Å². The Morgan fingerprint density at radius 1 is 1.31 bits per heavy atom. The highest BCUT2D eigenvalue weighted by Crippen LogP contribution is 2.28. The number of urea groups is 1. The second-order valence-corrected chi connectivity index (χ2v) is 6.69. The lowest BCUT2D eigenvalue weighted by Gasteiger charge is -2.17. The van der Waals surface area contributed by atoms with Gasteiger partial charge in [0.25, 0.3) is 6.43 Å². The van der Waals surface area contributed by atoms with Gasteiger partial charge < -0.3 is 15.3 Å². The Kier molecular flexibility index (Phi) is 5.30. The van der Waals surface area contributed by atoms with Crippen molar-refractivity contribution in [3.8, 4) is 11.4 Å². The number of hydrogen-bond donors (Lipinski definition) is 2. The first kappa shape index (κ1) is 19.1. The smallest absolute Gasteiger partial charge is 0.317 e. The van der Waals surface area contributed by atoms with Crippen LogP contribution in [-0.2, 0) is 0 Å². The average Bonchev–Trinajstić information content (AvgIpc) is 3.39. The number of carbonyl (C=O) groups excluding carboxylic acids is 1. The van der Waals surface area contributed by atoms with Crippen molar-refractivity contribution in [1.82, 2.24) is 34.8 Å². The van der Waals surface area contributed by atoms with Gasteiger partial charge in [0.1, 0.15) is 17.7 Å². The van der Waals surface area contributed by atoms with Gasteiger partial charge in [-0.25, -0.2) is 33.0 Å². The number of alkyl halides is 2. The number of halogens is 2. The number of aliphatic hydroxyl groups excluding tert-OH is 1. The van der Waals surface area contributed by atoms with E-state index < -0.39 is 6.43 Å². The molecule has 1 unspecified atom stereocenters. The summed E-state index contributed by atoms with van der Waals surface area (Å²) in [7, 11) is 0. The molecule has 2 amide bonds. The molecule has 1 aliphatic rings. The first-order chi connectivity index (χ1) is 14.1. The van der Waals surface area contributed by atoms with E-state index in [2.05, 4.69) is 25.4 Å². The number of fused-ring (bicyclic) bond motifs is 1. The third-order valence-electron chi connectivity index (χ3n) is 4.84. The molecule has 1 saturated heterocycles. The zero-order valence-corrected chi connectivity index (χ0v) is 15.4. The number of carbonyl (C=O) groups is 1. The predicted octanol–water partition coefficient (Wildman–Crippen LogP) is 1.62. The van der Waals surface area contributed by atoms with Crippen LogP contribution in [0.5, 0.6) is 0 Å². The van der Waals surface area contributed by atoms with E-state index in [1.54, 1.807) is 11.0 Å². The molecule has 0 aromatic carbocycles. The van der Waals surface area contributed by atoms with Crippen molar-refractivity contribution < 1.29 is 18.7 Å². The van der Waals surface area contributed by atoms with Crippen LogP contribution in [0.4, 0.5) is 13.6 Å². The highest BCUT2D eigenvalue weighted by atomic mass is 19.3. The minimum atomic E-state index is -2.68. The number of amides is 2. The minimum Gasteiger partial charge on any atom is -0.395 e. The summed E-state index contributed by atoms with van der Waals surface area (Å²) in [5.74, 6) is 0.0281. The Bertz CT molecular complexity index is 1030. The van der Waals surface area contributed by atoms with Crippen LogP contribution in [0.25, 0.3) is 17.0 Å². The molecule has 1 fully saturated rings. The molecule has 1 atom stereocenters. The molecule has 0 aliphatic carbocycles. The van der Waals surface area contributed by atoms with Crippen LogP contribution in [-0.4, -0.2) is 66.8 Å². The van der Waals surface area contributed by atoms with Gasteiger partial charge >= 0.3 is 6.03 Å². The summed E-state index contributed by atoms with van der Waals surface area (Å²) in [4.78, 5) is 26.5. The van der Waals surface area contributed by atoms with E-state index in [0.29, 0.717) is 30.1 Å². The normalized spacial score (nSPS) is 16.7. The number of likely N-dealkylation sites (tertiary alicyclic amines) is 1. The summed E-state index contributed by atoms with van der Waals surface area (Å²) >= 11 is 0. The molecule has 0 radical (unpaired) electrons.